The molecular weight excluding hydrogens is 360 g/mol. The van der Waals surface area contributed by atoms with Gasteiger partial charge in [0, 0.05) is 6.61 Å². The zero-order valence-corrected chi connectivity index (χ0v) is 18.4. The summed E-state index contributed by atoms with van der Waals surface area (Å²) in [5.74, 6) is 6.60. The van der Waals surface area contributed by atoms with Crippen LogP contribution >= 0.6 is 0 Å². The van der Waals surface area contributed by atoms with Crippen LogP contribution in [-0.2, 0) is 9.16 Å². The van der Waals surface area contributed by atoms with Gasteiger partial charge in [0.1, 0.15) is 6.10 Å². The van der Waals surface area contributed by atoms with Crippen LogP contribution in [0.25, 0.3) is 0 Å². The van der Waals surface area contributed by atoms with E-state index in [0.29, 0.717) is 6.61 Å². The second-order valence-corrected chi connectivity index (χ2v) is 12.8. The number of ether oxygens (including phenoxy) is 1. The first-order valence-electron chi connectivity index (χ1n) is 10.4. The third-order valence-electron chi connectivity index (χ3n) is 5.47. The summed E-state index contributed by atoms with van der Waals surface area (Å²) < 4.78 is 12.7. The van der Waals surface area contributed by atoms with Crippen molar-refractivity contribution in [3.8, 4) is 11.8 Å². The minimum Gasteiger partial charge on any atom is -0.396 e. The van der Waals surface area contributed by atoms with E-state index < -0.39 is 8.32 Å². The van der Waals surface area contributed by atoms with Crippen LogP contribution in [0.3, 0.4) is 0 Å². The third kappa shape index (κ3) is 4.75. The molecule has 3 heteroatoms. The molecule has 0 saturated carbocycles. The number of benzene rings is 2. The van der Waals surface area contributed by atoms with Crippen molar-refractivity contribution in [1.82, 2.24) is 0 Å². The monoisotopic (exact) mass is 392 g/mol. The van der Waals surface area contributed by atoms with Crippen molar-refractivity contribution in [1.29, 1.82) is 0 Å². The molecule has 0 bridgehead atoms. The number of hydrogen-bond acceptors (Lipinski definition) is 2. The summed E-state index contributed by atoms with van der Waals surface area (Å²) in [6.45, 7) is 8.14. The fraction of sp³-hybridized carbons (Fsp3) is 0.440. The lowest BCUT2D eigenvalue weighted by Crippen LogP contribution is -2.66. The highest BCUT2D eigenvalue weighted by atomic mass is 28.4. The van der Waals surface area contributed by atoms with Crippen LogP contribution < -0.4 is 10.4 Å². The zero-order valence-electron chi connectivity index (χ0n) is 17.4. The molecule has 0 aromatic heterocycles. The lowest BCUT2D eigenvalue weighted by molar-refractivity contribution is 0.0978. The zero-order chi connectivity index (χ0) is 19.9. The van der Waals surface area contributed by atoms with Crippen molar-refractivity contribution in [2.45, 2.75) is 57.6 Å². The Hall–Kier alpha value is -1.86. The largest absolute Gasteiger partial charge is 0.396 e. The molecule has 0 N–H and O–H groups in total. The van der Waals surface area contributed by atoms with E-state index in [1.54, 1.807) is 0 Å². The summed E-state index contributed by atoms with van der Waals surface area (Å²) in [5, 5.41) is 2.57. The van der Waals surface area contributed by atoms with Crippen molar-refractivity contribution >= 4 is 18.7 Å². The van der Waals surface area contributed by atoms with Crippen molar-refractivity contribution in [2.24, 2.45) is 0 Å². The lowest BCUT2D eigenvalue weighted by Gasteiger charge is -2.42. The van der Waals surface area contributed by atoms with Crippen molar-refractivity contribution in [3.05, 3.63) is 60.7 Å². The van der Waals surface area contributed by atoms with Gasteiger partial charge >= 0.3 is 0 Å². The van der Waals surface area contributed by atoms with Gasteiger partial charge in [0.05, 0.1) is 6.61 Å². The van der Waals surface area contributed by atoms with E-state index in [-0.39, 0.29) is 11.1 Å². The fourth-order valence-corrected chi connectivity index (χ4v) is 8.54. The summed E-state index contributed by atoms with van der Waals surface area (Å²) in [6, 6.07) is 21.4. The number of rotatable bonds is 4. The Bertz CT molecular complexity index is 737. The predicted octanol–water partition coefficient (Wildman–Crippen LogP) is 4.53. The average molecular weight is 393 g/mol. The summed E-state index contributed by atoms with van der Waals surface area (Å²) in [5.41, 5.74) is 0. The second kappa shape index (κ2) is 9.56. The van der Waals surface area contributed by atoms with Crippen LogP contribution in [0.15, 0.2) is 60.7 Å². The van der Waals surface area contributed by atoms with Crippen LogP contribution in [0.2, 0.25) is 5.04 Å². The van der Waals surface area contributed by atoms with E-state index >= 15 is 0 Å². The maximum atomic E-state index is 6.80. The fourth-order valence-electron chi connectivity index (χ4n) is 4.09. The van der Waals surface area contributed by atoms with Gasteiger partial charge < -0.3 is 9.16 Å². The van der Waals surface area contributed by atoms with Gasteiger partial charge in [0.2, 0.25) is 0 Å². The van der Waals surface area contributed by atoms with Crippen molar-refractivity contribution in [2.75, 3.05) is 13.2 Å². The van der Waals surface area contributed by atoms with E-state index in [9.17, 15) is 0 Å². The topological polar surface area (TPSA) is 18.5 Å². The molecule has 28 heavy (non-hydrogen) atoms. The lowest BCUT2D eigenvalue weighted by atomic mass is 10.1. The molecule has 3 rings (SSSR count). The van der Waals surface area contributed by atoms with E-state index in [2.05, 4.69) is 93.3 Å². The Morgan fingerprint density at radius 3 is 2.11 bits per heavy atom. The molecular formula is C25H32O2Si. The van der Waals surface area contributed by atoms with E-state index in [0.717, 1.165) is 19.4 Å². The molecule has 0 spiro atoms. The summed E-state index contributed by atoms with van der Waals surface area (Å²) in [6.07, 6.45) is 4.69. The second-order valence-electron chi connectivity index (χ2n) is 8.48. The number of hydrogen-bond donors (Lipinski definition) is 0. The van der Waals surface area contributed by atoms with E-state index in [1.807, 2.05) is 0 Å². The van der Waals surface area contributed by atoms with Crippen LogP contribution in [0.1, 0.15) is 46.5 Å². The highest BCUT2D eigenvalue weighted by Gasteiger charge is 2.49. The average Bonchev–Trinajstić information content (AvgIpc) is 2.97. The van der Waals surface area contributed by atoms with Crippen LogP contribution in [0.5, 0.6) is 0 Å². The maximum Gasteiger partial charge on any atom is 0.262 e. The van der Waals surface area contributed by atoms with Gasteiger partial charge in [-0.2, -0.15) is 0 Å². The molecule has 1 heterocycles. The molecule has 1 aliphatic heterocycles. The van der Waals surface area contributed by atoms with Gasteiger partial charge in [-0.25, -0.2) is 0 Å². The Morgan fingerprint density at radius 1 is 0.929 bits per heavy atom. The molecule has 2 nitrogen and oxygen atoms in total. The van der Waals surface area contributed by atoms with Crippen LogP contribution in [0, 0.1) is 11.8 Å². The van der Waals surface area contributed by atoms with Crippen molar-refractivity contribution in [3.63, 3.8) is 0 Å². The SMILES string of the molecule is CC(C)(C)[Si](OCC#CC1CCCCCO1)(c1ccccc1)c1ccccc1. The Morgan fingerprint density at radius 2 is 1.54 bits per heavy atom. The minimum absolute atomic E-state index is 0.0177. The molecule has 0 amide bonds. The quantitative estimate of drug-likeness (QED) is 0.562. The first kappa shape index (κ1) is 20.9. The summed E-state index contributed by atoms with van der Waals surface area (Å²) in [7, 11) is -2.49. The molecule has 0 radical (unpaired) electrons. The Balaban J connectivity index is 1.91. The predicted molar refractivity (Wildman–Crippen MR) is 120 cm³/mol. The van der Waals surface area contributed by atoms with Gasteiger partial charge in [-0.15, -0.1) is 0 Å². The molecule has 1 fully saturated rings. The molecule has 2 aromatic rings. The van der Waals surface area contributed by atoms with Crippen LogP contribution in [-0.4, -0.2) is 27.6 Å². The van der Waals surface area contributed by atoms with E-state index in [4.69, 9.17) is 9.16 Å². The third-order valence-corrected chi connectivity index (χ3v) is 10.5. The highest BCUT2D eigenvalue weighted by Crippen LogP contribution is 2.36. The Kier molecular flexibility index (Phi) is 7.12. The highest BCUT2D eigenvalue weighted by molar-refractivity contribution is 6.99. The first-order chi connectivity index (χ1) is 13.5. The van der Waals surface area contributed by atoms with Gasteiger partial charge in [-0.3, -0.25) is 0 Å². The van der Waals surface area contributed by atoms with Crippen LogP contribution in [0.4, 0.5) is 0 Å². The van der Waals surface area contributed by atoms with Gasteiger partial charge in [-0.05, 0) is 34.7 Å². The standard InChI is InChI=1S/C25H32O2Si/c1-25(2,3)28(23-16-8-4-9-17-23,24-18-10-5-11-19-24)27-21-13-15-22-14-7-6-12-20-26-22/h4-5,8-11,16-19,22H,6-7,12,14,20-21H2,1-3H3. The minimum atomic E-state index is -2.49. The molecule has 1 saturated heterocycles. The first-order valence-corrected chi connectivity index (χ1v) is 12.3. The summed E-state index contributed by atoms with van der Waals surface area (Å²) >= 11 is 0. The normalized spacial score (nSPS) is 18.0. The smallest absolute Gasteiger partial charge is 0.262 e. The van der Waals surface area contributed by atoms with Gasteiger partial charge in [0.25, 0.3) is 8.32 Å². The molecule has 1 atom stereocenters. The Labute approximate surface area is 171 Å². The molecule has 2 aromatic carbocycles. The molecule has 148 valence electrons. The molecule has 1 aliphatic rings. The van der Waals surface area contributed by atoms with Gasteiger partial charge in [-0.1, -0.05) is 99.7 Å². The van der Waals surface area contributed by atoms with Gasteiger partial charge in [0.15, 0.2) is 0 Å². The van der Waals surface area contributed by atoms with Crippen molar-refractivity contribution < 1.29 is 9.16 Å². The summed E-state index contributed by atoms with van der Waals surface area (Å²) in [4.78, 5) is 0. The van der Waals surface area contributed by atoms with E-state index in [1.165, 1.54) is 23.2 Å². The molecule has 1 unspecified atom stereocenters. The maximum absolute atomic E-state index is 6.80. The molecule has 0 aliphatic carbocycles.